The van der Waals surface area contributed by atoms with Crippen molar-refractivity contribution >= 4 is 23.3 Å². The Morgan fingerprint density at radius 3 is 2.28 bits per heavy atom. The van der Waals surface area contributed by atoms with Crippen molar-refractivity contribution in [3.63, 3.8) is 0 Å². The summed E-state index contributed by atoms with van der Waals surface area (Å²) in [6.45, 7) is 7.11. The summed E-state index contributed by atoms with van der Waals surface area (Å²) in [5.74, 6) is 0.862. The molecule has 2 aromatic carbocycles. The van der Waals surface area contributed by atoms with Crippen LogP contribution in [-0.4, -0.2) is 30.3 Å². The highest BCUT2D eigenvalue weighted by Crippen LogP contribution is 2.26. The third-order valence-corrected chi connectivity index (χ3v) is 5.17. The average molecular weight is 383 g/mol. The third kappa shape index (κ3) is 4.21. The van der Waals surface area contributed by atoms with Gasteiger partial charge >= 0.3 is 0 Å². The molecular weight excluding hydrogens is 356 g/mol. The normalized spacial score (nSPS) is 14.9. The lowest BCUT2D eigenvalue weighted by molar-refractivity contribution is 0.866. The van der Waals surface area contributed by atoms with Crippen LogP contribution < -0.4 is 9.91 Å². The van der Waals surface area contributed by atoms with Crippen molar-refractivity contribution in [1.29, 1.82) is 0 Å². The van der Waals surface area contributed by atoms with Crippen LogP contribution in [0, 0.1) is 0 Å². The number of benzene rings is 2. The molecule has 29 heavy (non-hydrogen) atoms. The highest BCUT2D eigenvalue weighted by Gasteiger charge is 2.23. The number of aromatic nitrogens is 1. The summed E-state index contributed by atoms with van der Waals surface area (Å²) >= 11 is 0. The minimum absolute atomic E-state index is 0.707. The van der Waals surface area contributed by atoms with Gasteiger partial charge in [0.25, 0.3) is 0 Å². The molecule has 3 aromatic rings. The molecule has 4 rings (SSSR count). The van der Waals surface area contributed by atoms with E-state index in [1.165, 1.54) is 16.8 Å². The smallest absolute Gasteiger partial charge is 0.149 e. The molecule has 1 aliphatic heterocycles. The number of hydrogen-bond donors (Lipinski definition) is 0. The number of nitrogens with zero attached hydrogens (tertiary/aromatic N) is 4. The van der Waals surface area contributed by atoms with Crippen molar-refractivity contribution in [1.82, 2.24) is 4.98 Å². The minimum atomic E-state index is 0.707. The summed E-state index contributed by atoms with van der Waals surface area (Å²) in [6, 6.07) is 25.0. The van der Waals surface area contributed by atoms with Crippen molar-refractivity contribution in [2.24, 2.45) is 5.10 Å². The van der Waals surface area contributed by atoms with Crippen molar-refractivity contribution in [3.8, 4) is 0 Å². The second-order valence-corrected chi connectivity index (χ2v) is 6.99. The Bertz CT molecular complexity index is 988. The fourth-order valence-electron chi connectivity index (χ4n) is 3.62. The van der Waals surface area contributed by atoms with Crippen LogP contribution in [0.5, 0.6) is 0 Å². The molecule has 0 unspecified atom stereocenters. The van der Waals surface area contributed by atoms with Crippen LogP contribution in [0.25, 0.3) is 6.08 Å². The lowest BCUT2D eigenvalue weighted by Crippen LogP contribution is -2.21. The van der Waals surface area contributed by atoms with Crippen molar-refractivity contribution < 1.29 is 0 Å². The number of hydrazone groups is 1. The topological polar surface area (TPSA) is 31.7 Å². The number of rotatable bonds is 6. The van der Waals surface area contributed by atoms with Gasteiger partial charge in [0.1, 0.15) is 5.82 Å². The van der Waals surface area contributed by atoms with Crippen LogP contribution in [0.3, 0.4) is 0 Å². The maximum absolute atomic E-state index is 4.89. The zero-order valence-electron chi connectivity index (χ0n) is 17.0. The second-order valence-electron chi connectivity index (χ2n) is 6.99. The van der Waals surface area contributed by atoms with E-state index >= 15 is 0 Å². The van der Waals surface area contributed by atoms with Gasteiger partial charge in [0.05, 0.1) is 12.3 Å². The van der Waals surface area contributed by atoms with Crippen LogP contribution >= 0.6 is 0 Å². The van der Waals surface area contributed by atoms with Crippen LogP contribution in [0.4, 0.5) is 11.5 Å². The van der Waals surface area contributed by atoms with Crippen molar-refractivity contribution in [2.75, 3.05) is 29.5 Å². The predicted molar refractivity (Wildman–Crippen MR) is 123 cm³/mol. The summed E-state index contributed by atoms with van der Waals surface area (Å²) in [7, 11) is 0. The molecule has 0 fully saturated rings. The zero-order chi connectivity index (χ0) is 20.1. The molecule has 146 valence electrons. The molecule has 1 aromatic heterocycles. The highest BCUT2D eigenvalue weighted by molar-refractivity contribution is 6.17. The molecule has 0 bridgehead atoms. The lowest BCUT2D eigenvalue weighted by atomic mass is 10.0. The first-order valence-corrected chi connectivity index (χ1v) is 10.2. The Balaban J connectivity index is 1.67. The molecular formula is C25H26N4. The standard InChI is InChI=1S/C25H26N4/c1-3-28(4-2)23-15-13-20(14-16-23)18-22-19-29(24-12-8-9-17-26-24)27-25(22)21-10-6-5-7-11-21/h5-18H,3-4,19H2,1-2H3. The molecule has 0 radical (unpaired) electrons. The van der Waals surface area contributed by atoms with E-state index in [1.54, 1.807) is 6.20 Å². The number of pyridine rings is 1. The van der Waals surface area contributed by atoms with E-state index in [2.05, 4.69) is 78.3 Å². The lowest BCUT2D eigenvalue weighted by Gasteiger charge is -2.20. The molecule has 0 amide bonds. The molecule has 0 spiro atoms. The van der Waals surface area contributed by atoms with E-state index in [9.17, 15) is 0 Å². The van der Waals surface area contributed by atoms with Gasteiger partial charge in [-0.15, -0.1) is 0 Å². The molecule has 0 aliphatic carbocycles. The van der Waals surface area contributed by atoms with Crippen LogP contribution in [0.15, 0.2) is 89.7 Å². The maximum Gasteiger partial charge on any atom is 0.149 e. The summed E-state index contributed by atoms with van der Waals surface area (Å²) in [6.07, 6.45) is 4.04. The van der Waals surface area contributed by atoms with Gasteiger partial charge in [-0.2, -0.15) is 5.10 Å². The zero-order valence-corrected chi connectivity index (χ0v) is 17.0. The summed E-state index contributed by atoms with van der Waals surface area (Å²) in [4.78, 5) is 6.82. The molecule has 4 nitrogen and oxygen atoms in total. The number of hydrogen-bond acceptors (Lipinski definition) is 4. The molecule has 0 saturated heterocycles. The Morgan fingerprint density at radius 2 is 1.62 bits per heavy atom. The van der Waals surface area contributed by atoms with E-state index in [4.69, 9.17) is 5.10 Å². The molecule has 0 saturated carbocycles. The van der Waals surface area contributed by atoms with E-state index in [1.807, 2.05) is 29.3 Å². The van der Waals surface area contributed by atoms with E-state index < -0.39 is 0 Å². The fraction of sp³-hybridized carbons (Fsp3) is 0.200. The largest absolute Gasteiger partial charge is 0.372 e. The molecule has 0 N–H and O–H groups in total. The number of anilines is 2. The van der Waals surface area contributed by atoms with E-state index in [0.29, 0.717) is 6.54 Å². The highest BCUT2D eigenvalue weighted by atomic mass is 15.5. The van der Waals surface area contributed by atoms with Gasteiger partial charge < -0.3 is 4.90 Å². The SMILES string of the molecule is CCN(CC)c1ccc(C=C2CN(c3ccccn3)N=C2c2ccccc2)cc1. The van der Waals surface area contributed by atoms with Crippen molar-refractivity contribution in [2.45, 2.75) is 13.8 Å². The van der Waals surface area contributed by atoms with Gasteiger partial charge in [-0.25, -0.2) is 9.99 Å². The molecule has 4 heteroatoms. The van der Waals surface area contributed by atoms with Crippen molar-refractivity contribution in [3.05, 3.63) is 95.7 Å². The molecule has 1 aliphatic rings. The molecule has 2 heterocycles. The Labute approximate surface area is 172 Å². The Morgan fingerprint density at radius 1 is 0.897 bits per heavy atom. The van der Waals surface area contributed by atoms with Gasteiger partial charge in [-0.3, -0.25) is 0 Å². The predicted octanol–water partition coefficient (Wildman–Crippen LogP) is 5.24. The van der Waals surface area contributed by atoms with Crippen LogP contribution in [0.2, 0.25) is 0 Å². The van der Waals surface area contributed by atoms with Gasteiger partial charge in [-0.05, 0) is 49.8 Å². The maximum atomic E-state index is 4.89. The second kappa shape index (κ2) is 8.74. The van der Waals surface area contributed by atoms with Gasteiger partial charge in [0.2, 0.25) is 0 Å². The van der Waals surface area contributed by atoms with Gasteiger partial charge in [0, 0.05) is 36.1 Å². The average Bonchev–Trinajstić information content (AvgIpc) is 3.21. The summed E-state index contributed by atoms with van der Waals surface area (Å²) in [5.41, 5.74) is 5.76. The third-order valence-electron chi connectivity index (χ3n) is 5.17. The first-order valence-electron chi connectivity index (χ1n) is 10.2. The van der Waals surface area contributed by atoms with E-state index in [0.717, 1.165) is 30.2 Å². The minimum Gasteiger partial charge on any atom is -0.372 e. The quantitative estimate of drug-likeness (QED) is 0.585. The first-order chi connectivity index (χ1) is 14.3. The van der Waals surface area contributed by atoms with Gasteiger partial charge in [0.15, 0.2) is 0 Å². The molecule has 0 atom stereocenters. The summed E-state index contributed by atoms with van der Waals surface area (Å²) in [5, 5.41) is 6.86. The van der Waals surface area contributed by atoms with Gasteiger partial charge in [-0.1, -0.05) is 48.5 Å². The van der Waals surface area contributed by atoms with Crippen LogP contribution in [0.1, 0.15) is 25.0 Å². The fourth-order valence-corrected chi connectivity index (χ4v) is 3.62. The summed E-state index contributed by atoms with van der Waals surface area (Å²) < 4.78 is 0. The Kier molecular flexibility index (Phi) is 5.71. The van der Waals surface area contributed by atoms with E-state index in [-0.39, 0.29) is 0 Å². The Hall–Kier alpha value is -3.40. The first kappa shape index (κ1) is 18.9. The van der Waals surface area contributed by atoms with Crippen LogP contribution in [-0.2, 0) is 0 Å². The monoisotopic (exact) mass is 382 g/mol.